The summed E-state index contributed by atoms with van der Waals surface area (Å²) in [6.07, 6.45) is 5.02. The Balaban J connectivity index is 1.27. The Hall–Kier alpha value is -4.01. The molecule has 2 heterocycles. The average Bonchev–Trinajstić information content (AvgIpc) is 3.45. The molecule has 1 N–H and O–H groups in total. The SMILES string of the molecule is O=C(CCc1ncc(-c2ccccc2F)o1)Nc1cccc(OCCn2cncn2)c1. The molecule has 0 fully saturated rings. The molecule has 8 nitrogen and oxygen atoms in total. The van der Waals surface area contributed by atoms with Crippen LogP contribution in [0.1, 0.15) is 12.3 Å². The second kappa shape index (κ2) is 9.66. The van der Waals surface area contributed by atoms with Gasteiger partial charge in [0.2, 0.25) is 5.91 Å². The normalized spacial score (nSPS) is 10.7. The van der Waals surface area contributed by atoms with Crippen LogP contribution in [0.4, 0.5) is 10.1 Å². The fourth-order valence-electron chi connectivity index (χ4n) is 2.92. The molecular weight excluding hydrogens is 401 g/mol. The Morgan fingerprint density at radius 2 is 2.10 bits per heavy atom. The first-order valence-electron chi connectivity index (χ1n) is 9.72. The number of oxazole rings is 1. The maximum absolute atomic E-state index is 13.9. The van der Waals surface area contributed by atoms with E-state index >= 15 is 0 Å². The minimum atomic E-state index is -0.383. The van der Waals surface area contributed by atoms with E-state index in [0.29, 0.717) is 48.2 Å². The largest absolute Gasteiger partial charge is 0.492 e. The molecule has 0 radical (unpaired) electrons. The van der Waals surface area contributed by atoms with Crippen molar-refractivity contribution in [2.75, 3.05) is 11.9 Å². The summed E-state index contributed by atoms with van der Waals surface area (Å²) in [4.78, 5) is 20.3. The van der Waals surface area contributed by atoms with Gasteiger partial charge in [0.1, 0.15) is 30.8 Å². The number of aryl methyl sites for hydroxylation is 1. The highest BCUT2D eigenvalue weighted by Gasteiger charge is 2.12. The van der Waals surface area contributed by atoms with Crippen LogP contribution in [0.25, 0.3) is 11.3 Å². The summed E-state index contributed by atoms with van der Waals surface area (Å²) >= 11 is 0. The summed E-state index contributed by atoms with van der Waals surface area (Å²) in [6.45, 7) is 0.997. The van der Waals surface area contributed by atoms with Gasteiger partial charge in [-0.05, 0) is 24.3 Å². The summed E-state index contributed by atoms with van der Waals surface area (Å²) in [7, 11) is 0. The fraction of sp³-hybridized carbons (Fsp3) is 0.182. The summed E-state index contributed by atoms with van der Waals surface area (Å²) in [5, 5.41) is 6.84. The number of rotatable bonds is 9. The molecule has 0 aliphatic rings. The number of anilines is 1. The number of amides is 1. The lowest BCUT2D eigenvalue weighted by Crippen LogP contribution is -2.13. The number of aromatic nitrogens is 4. The van der Waals surface area contributed by atoms with E-state index in [4.69, 9.17) is 9.15 Å². The van der Waals surface area contributed by atoms with E-state index in [2.05, 4.69) is 20.4 Å². The van der Waals surface area contributed by atoms with Gasteiger partial charge in [-0.2, -0.15) is 5.10 Å². The van der Waals surface area contributed by atoms with Crippen LogP contribution >= 0.6 is 0 Å². The molecule has 0 bridgehead atoms. The zero-order chi connectivity index (χ0) is 21.5. The van der Waals surface area contributed by atoms with Crippen molar-refractivity contribution in [1.29, 1.82) is 0 Å². The first-order valence-corrected chi connectivity index (χ1v) is 9.72. The number of halogens is 1. The van der Waals surface area contributed by atoms with Gasteiger partial charge in [0.25, 0.3) is 0 Å². The third-order valence-electron chi connectivity index (χ3n) is 4.43. The topological polar surface area (TPSA) is 95.1 Å². The standard InChI is InChI=1S/C22H20FN5O3/c23-19-7-2-1-6-18(19)20-13-25-22(31-20)9-8-21(29)27-16-4-3-5-17(12-16)30-11-10-28-15-24-14-26-28/h1-7,12-15H,8-11H2,(H,27,29). The number of carbonyl (C=O) groups is 1. The van der Waals surface area contributed by atoms with Crippen LogP contribution < -0.4 is 10.1 Å². The fourth-order valence-corrected chi connectivity index (χ4v) is 2.92. The van der Waals surface area contributed by atoms with Crippen LogP contribution in [0, 0.1) is 5.82 Å². The van der Waals surface area contributed by atoms with E-state index in [0.717, 1.165) is 0 Å². The molecule has 2 aromatic heterocycles. The molecule has 0 atom stereocenters. The molecule has 4 aromatic rings. The van der Waals surface area contributed by atoms with Crippen molar-refractivity contribution in [3.63, 3.8) is 0 Å². The van der Waals surface area contributed by atoms with Gasteiger partial charge in [0, 0.05) is 24.6 Å². The number of benzene rings is 2. The average molecular weight is 421 g/mol. The summed E-state index contributed by atoms with van der Waals surface area (Å²) in [5.41, 5.74) is 0.967. The van der Waals surface area contributed by atoms with Gasteiger partial charge in [0.05, 0.1) is 18.3 Å². The molecule has 0 aliphatic heterocycles. The van der Waals surface area contributed by atoms with Crippen LogP contribution in [0.5, 0.6) is 5.75 Å². The number of hydrogen-bond donors (Lipinski definition) is 1. The first-order chi connectivity index (χ1) is 15.2. The van der Waals surface area contributed by atoms with E-state index in [1.54, 1.807) is 47.4 Å². The van der Waals surface area contributed by atoms with Gasteiger partial charge in [-0.15, -0.1) is 0 Å². The van der Waals surface area contributed by atoms with Crippen LogP contribution in [-0.4, -0.2) is 32.3 Å². The molecule has 31 heavy (non-hydrogen) atoms. The van der Waals surface area contributed by atoms with Crippen molar-refractivity contribution in [1.82, 2.24) is 19.7 Å². The maximum Gasteiger partial charge on any atom is 0.224 e. The quantitative estimate of drug-likeness (QED) is 0.443. The van der Waals surface area contributed by atoms with E-state index < -0.39 is 0 Å². The lowest BCUT2D eigenvalue weighted by atomic mass is 10.2. The number of nitrogens with one attached hydrogen (secondary N) is 1. The zero-order valence-electron chi connectivity index (χ0n) is 16.6. The molecule has 158 valence electrons. The second-order valence-electron chi connectivity index (χ2n) is 6.68. The van der Waals surface area contributed by atoms with Crippen LogP contribution in [0.3, 0.4) is 0 Å². The first kappa shape index (κ1) is 20.3. The summed E-state index contributed by atoms with van der Waals surface area (Å²) in [6, 6.07) is 13.5. The maximum atomic E-state index is 13.9. The van der Waals surface area contributed by atoms with Crippen molar-refractivity contribution in [3.8, 4) is 17.1 Å². The molecule has 0 saturated heterocycles. The van der Waals surface area contributed by atoms with Gasteiger partial charge in [-0.3, -0.25) is 4.79 Å². The Morgan fingerprint density at radius 1 is 1.19 bits per heavy atom. The highest BCUT2D eigenvalue weighted by molar-refractivity contribution is 5.90. The molecule has 1 amide bonds. The third kappa shape index (κ3) is 5.53. The lowest BCUT2D eigenvalue weighted by Gasteiger charge is -2.09. The van der Waals surface area contributed by atoms with Gasteiger partial charge in [-0.25, -0.2) is 19.0 Å². The third-order valence-corrected chi connectivity index (χ3v) is 4.43. The molecule has 2 aromatic carbocycles. The molecular formula is C22H20FN5O3. The van der Waals surface area contributed by atoms with Gasteiger partial charge in [-0.1, -0.05) is 18.2 Å². The Morgan fingerprint density at radius 3 is 2.94 bits per heavy atom. The zero-order valence-corrected chi connectivity index (χ0v) is 16.6. The van der Waals surface area contributed by atoms with Crippen molar-refractivity contribution < 1.29 is 18.3 Å². The molecule has 9 heteroatoms. The van der Waals surface area contributed by atoms with E-state index in [1.165, 1.54) is 18.6 Å². The monoisotopic (exact) mass is 421 g/mol. The number of carbonyl (C=O) groups excluding carboxylic acids is 1. The number of hydrogen-bond acceptors (Lipinski definition) is 6. The van der Waals surface area contributed by atoms with Crippen LogP contribution in [0.15, 0.2) is 71.8 Å². The predicted molar refractivity (Wildman–Crippen MR) is 111 cm³/mol. The minimum absolute atomic E-state index is 0.175. The molecule has 0 aliphatic carbocycles. The molecule has 4 rings (SSSR count). The summed E-state index contributed by atoms with van der Waals surface area (Å²) < 4.78 is 26.8. The minimum Gasteiger partial charge on any atom is -0.492 e. The smallest absolute Gasteiger partial charge is 0.224 e. The number of nitrogens with zero attached hydrogens (tertiary/aromatic N) is 4. The van der Waals surface area contributed by atoms with E-state index in [1.807, 2.05) is 6.07 Å². The molecule has 0 saturated carbocycles. The van der Waals surface area contributed by atoms with Crippen molar-refractivity contribution in [2.45, 2.75) is 19.4 Å². The Kier molecular flexibility index (Phi) is 6.32. The second-order valence-corrected chi connectivity index (χ2v) is 6.68. The molecule has 0 spiro atoms. The van der Waals surface area contributed by atoms with Crippen molar-refractivity contribution in [2.24, 2.45) is 0 Å². The van der Waals surface area contributed by atoms with E-state index in [9.17, 15) is 9.18 Å². The highest BCUT2D eigenvalue weighted by atomic mass is 19.1. The number of ether oxygens (including phenoxy) is 1. The van der Waals surface area contributed by atoms with E-state index in [-0.39, 0.29) is 18.1 Å². The highest BCUT2D eigenvalue weighted by Crippen LogP contribution is 2.24. The Bertz CT molecular complexity index is 1140. The predicted octanol–water partition coefficient (Wildman–Crippen LogP) is 3.72. The Labute approximate surface area is 177 Å². The van der Waals surface area contributed by atoms with Gasteiger partial charge >= 0.3 is 0 Å². The lowest BCUT2D eigenvalue weighted by molar-refractivity contribution is -0.116. The van der Waals surface area contributed by atoms with Crippen molar-refractivity contribution >= 4 is 11.6 Å². The van der Waals surface area contributed by atoms with Gasteiger partial charge < -0.3 is 14.5 Å². The van der Waals surface area contributed by atoms with Crippen LogP contribution in [-0.2, 0) is 17.8 Å². The van der Waals surface area contributed by atoms with Crippen LogP contribution in [0.2, 0.25) is 0 Å². The summed E-state index contributed by atoms with van der Waals surface area (Å²) in [5.74, 6) is 0.778. The van der Waals surface area contributed by atoms with Crippen molar-refractivity contribution in [3.05, 3.63) is 79.1 Å². The van der Waals surface area contributed by atoms with Gasteiger partial charge in [0.15, 0.2) is 11.7 Å². The molecule has 0 unspecified atom stereocenters.